The smallest absolute Gasteiger partial charge is 0.328 e. The van der Waals surface area contributed by atoms with Gasteiger partial charge in [-0.05, 0) is 42.5 Å². The van der Waals surface area contributed by atoms with Gasteiger partial charge in [-0.15, -0.1) is 0 Å². The molecule has 20 heavy (non-hydrogen) atoms. The average molecular weight is 315 g/mol. The van der Waals surface area contributed by atoms with E-state index >= 15 is 0 Å². The molecule has 110 valence electrons. The Morgan fingerprint density at radius 2 is 2.15 bits per heavy atom. The van der Waals surface area contributed by atoms with E-state index in [1.165, 1.54) is 18.2 Å². The Morgan fingerprint density at radius 3 is 2.70 bits per heavy atom. The zero-order valence-corrected chi connectivity index (χ0v) is 12.9. The van der Waals surface area contributed by atoms with Crippen LogP contribution in [0.25, 0.3) is 6.08 Å². The Labute approximate surface area is 123 Å². The molecule has 0 saturated carbocycles. The molecule has 0 aliphatic heterocycles. The highest BCUT2D eigenvalue weighted by Crippen LogP contribution is 2.16. The molecule has 0 atom stereocenters. The highest BCUT2D eigenvalue weighted by Gasteiger charge is 2.13. The fraction of sp³-hybridized carbons (Fsp3) is 0.308. The van der Waals surface area contributed by atoms with Gasteiger partial charge in [-0.25, -0.2) is 17.9 Å². The zero-order chi connectivity index (χ0) is 15.2. The van der Waals surface area contributed by atoms with Crippen molar-refractivity contribution >= 4 is 33.8 Å². The average Bonchev–Trinajstić information content (AvgIpc) is 2.37. The molecule has 0 fully saturated rings. The van der Waals surface area contributed by atoms with Gasteiger partial charge < -0.3 is 5.11 Å². The summed E-state index contributed by atoms with van der Waals surface area (Å²) in [5.74, 6) is -0.336. The standard InChI is InChI=1S/C13H17NO4S2/c1-10-9-12(20(17,18)14-7-8-19-2)5-3-11(10)4-6-13(15)16/h3-6,9,14H,7-8H2,1-2H3,(H,15,16). The van der Waals surface area contributed by atoms with E-state index in [-0.39, 0.29) is 4.90 Å². The fourth-order valence-corrected chi connectivity index (χ4v) is 3.08. The van der Waals surface area contributed by atoms with Gasteiger partial charge in [0, 0.05) is 18.4 Å². The molecule has 7 heteroatoms. The molecule has 1 aromatic rings. The van der Waals surface area contributed by atoms with Crippen LogP contribution in [0.1, 0.15) is 11.1 Å². The molecule has 1 aromatic carbocycles. The SMILES string of the molecule is CSCCNS(=O)(=O)c1ccc(C=CC(=O)O)c(C)c1. The summed E-state index contributed by atoms with van der Waals surface area (Å²) in [5, 5.41) is 8.58. The molecule has 0 heterocycles. The summed E-state index contributed by atoms with van der Waals surface area (Å²) < 4.78 is 26.5. The van der Waals surface area contributed by atoms with E-state index < -0.39 is 16.0 Å². The lowest BCUT2D eigenvalue weighted by Crippen LogP contribution is -2.26. The predicted molar refractivity (Wildman–Crippen MR) is 81.4 cm³/mol. The summed E-state index contributed by atoms with van der Waals surface area (Å²) in [7, 11) is -3.51. The predicted octanol–water partition coefficient (Wildman–Crippen LogP) is 1.73. The Kier molecular flexibility index (Phi) is 6.25. The van der Waals surface area contributed by atoms with Crippen LogP contribution in [0.15, 0.2) is 29.2 Å². The van der Waals surface area contributed by atoms with Gasteiger partial charge in [0.1, 0.15) is 0 Å². The van der Waals surface area contributed by atoms with Crippen LogP contribution in [0.2, 0.25) is 0 Å². The summed E-state index contributed by atoms with van der Waals surface area (Å²) >= 11 is 1.56. The van der Waals surface area contributed by atoms with Crippen molar-refractivity contribution in [2.45, 2.75) is 11.8 Å². The van der Waals surface area contributed by atoms with Crippen molar-refractivity contribution in [3.05, 3.63) is 35.4 Å². The molecule has 0 bridgehead atoms. The van der Waals surface area contributed by atoms with Gasteiger partial charge in [-0.3, -0.25) is 0 Å². The van der Waals surface area contributed by atoms with Crippen molar-refractivity contribution in [1.82, 2.24) is 4.72 Å². The number of hydrogen-bond donors (Lipinski definition) is 2. The van der Waals surface area contributed by atoms with Crippen LogP contribution in [0.4, 0.5) is 0 Å². The van der Waals surface area contributed by atoms with E-state index in [0.29, 0.717) is 23.4 Å². The number of carbonyl (C=O) groups is 1. The van der Waals surface area contributed by atoms with Crippen LogP contribution >= 0.6 is 11.8 Å². The van der Waals surface area contributed by atoms with Crippen molar-refractivity contribution in [2.75, 3.05) is 18.6 Å². The van der Waals surface area contributed by atoms with Gasteiger partial charge in [0.25, 0.3) is 0 Å². The number of benzene rings is 1. The van der Waals surface area contributed by atoms with E-state index in [2.05, 4.69) is 4.72 Å². The zero-order valence-electron chi connectivity index (χ0n) is 11.3. The molecule has 0 radical (unpaired) electrons. The number of thioether (sulfide) groups is 1. The maximum Gasteiger partial charge on any atom is 0.328 e. The van der Waals surface area contributed by atoms with E-state index in [4.69, 9.17) is 5.11 Å². The number of carboxylic acid groups (broad SMARTS) is 1. The number of aliphatic carboxylic acids is 1. The van der Waals surface area contributed by atoms with Crippen molar-refractivity contribution in [1.29, 1.82) is 0 Å². The minimum atomic E-state index is -3.51. The lowest BCUT2D eigenvalue weighted by Gasteiger charge is -2.08. The molecule has 0 spiro atoms. The van der Waals surface area contributed by atoms with Crippen LogP contribution < -0.4 is 4.72 Å². The lowest BCUT2D eigenvalue weighted by molar-refractivity contribution is -0.131. The van der Waals surface area contributed by atoms with Gasteiger partial charge in [-0.1, -0.05) is 6.07 Å². The lowest BCUT2D eigenvalue weighted by atomic mass is 10.1. The van der Waals surface area contributed by atoms with Crippen molar-refractivity contribution < 1.29 is 18.3 Å². The van der Waals surface area contributed by atoms with Crippen LogP contribution in [-0.2, 0) is 14.8 Å². The molecule has 0 amide bonds. The summed E-state index contributed by atoms with van der Waals surface area (Å²) in [6.45, 7) is 2.12. The van der Waals surface area contributed by atoms with Crippen molar-refractivity contribution in [3.8, 4) is 0 Å². The second-order valence-corrected chi connectivity index (χ2v) is 6.83. The molecule has 0 aliphatic rings. The minimum Gasteiger partial charge on any atom is -0.478 e. The molecule has 0 aliphatic carbocycles. The monoisotopic (exact) mass is 315 g/mol. The molecule has 1 rings (SSSR count). The maximum atomic E-state index is 12.0. The summed E-state index contributed by atoms with van der Waals surface area (Å²) in [6.07, 6.45) is 4.37. The maximum absolute atomic E-state index is 12.0. The topological polar surface area (TPSA) is 83.5 Å². The van der Waals surface area contributed by atoms with Crippen LogP contribution in [0.5, 0.6) is 0 Å². The third-order valence-corrected chi connectivity index (χ3v) is 4.63. The first-order chi connectivity index (χ1) is 9.36. The van der Waals surface area contributed by atoms with Crippen LogP contribution in [-0.4, -0.2) is 38.0 Å². The second kappa shape index (κ2) is 7.47. The van der Waals surface area contributed by atoms with Gasteiger partial charge in [0.15, 0.2) is 0 Å². The van der Waals surface area contributed by atoms with E-state index in [9.17, 15) is 13.2 Å². The number of nitrogens with one attached hydrogen (secondary N) is 1. The van der Waals surface area contributed by atoms with Crippen LogP contribution in [0.3, 0.4) is 0 Å². The molecule has 5 nitrogen and oxygen atoms in total. The van der Waals surface area contributed by atoms with Crippen molar-refractivity contribution in [3.63, 3.8) is 0 Å². The van der Waals surface area contributed by atoms with E-state index in [1.807, 2.05) is 6.26 Å². The number of carboxylic acids is 1. The Bertz CT molecular complexity index is 609. The molecule has 0 aromatic heterocycles. The Balaban J connectivity index is 2.94. The fourth-order valence-electron chi connectivity index (χ4n) is 1.52. The van der Waals surface area contributed by atoms with E-state index in [1.54, 1.807) is 24.8 Å². The van der Waals surface area contributed by atoms with Crippen molar-refractivity contribution in [2.24, 2.45) is 0 Å². The number of aryl methyl sites for hydroxylation is 1. The van der Waals surface area contributed by atoms with Crippen LogP contribution in [0, 0.1) is 6.92 Å². The second-order valence-electron chi connectivity index (χ2n) is 4.08. The summed E-state index contributed by atoms with van der Waals surface area (Å²) in [6, 6.07) is 4.59. The third kappa shape index (κ3) is 4.99. The van der Waals surface area contributed by atoms with E-state index in [0.717, 1.165) is 6.08 Å². The molecule has 0 unspecified atom stereocenters. The van der Waals surface area contributed by atoms with Gasteiger partial charge in [-0.2, -0.15) is 11.8 Å². The Morgan fingerprint density at radius 1 is 1.45 bits per heavy atom. The first-order valence-corrected chi connectivity index (χ1v) is 8.75. The highest BCUT2D eigenvalue weighted by molar-refractivity contribution is 7.98. The minimum absolute atomic E-state index is 0.184. The first-order valence-electron chi connectivity index (χ1n) is 5.87. The molecular formula is C13H17NO4S2. The van der Waals surface area contributed by atoms with Gasteiger partial charge >= 0.3 is 5.97 Å². The highest BCUT2D eigenvalue weighted by atomic mass is 32.2. The molecule has 2 N–H and O–H groups in total. The molecular weight excluding hydrogens is 298 g/mol. The van der Waals surface area contributed by atoms with Gasteiger partial charge in [0.2, 0.25) is 10.0 Å². The first kappa shape index (κ1) is 16.7. The summed E-state index contributed by atoms with van der Waals surface area (Å²) in [5.41, 5.74) is 1.38. The number of sulfonamides is 1. The quantitative estimate of drug-likeness (QED) is 0.591. The normalized spacial score (nSPS) is 11.9. The Hall–Kier alpha value is -1.31. The summed E-state index contributed by atoms with van der Waals surface area (Å²) in [4.78, 5) is 10.6. The molecule has 0 saturated heterocycles. The van der Waals surface area contributed by atoms with Gasteiger partial charge in [0.05, 0.1) is 4.90 Å². The third-order valence-electron chi connectivity index (χ3n) is 2.56. The number of hydrogen-bond acceptors (Lipinski definition) is 4. The number of rotatable bonds is 7. The largest absolute Gasteiger partial charge is 0.478 e.